The van der Waals surface area contributed by atoms with Crippen molar-refractivity contribution in [1.29, 1.82) is 0 Å². The van der Waals surface area contributed by atoms with E-state index in [1.165, 1.54) is 0 Å². The maximum Gasteiger partial charge on any atom is 0.184 e. The number of H-pyrrole nitrogens is 2. The number of hydrogen-bond donors (Lipinski definition) is 4. The van der Waals surface area contributed by atoms with Crippen molar-refractivity contribution < 1.29 is 10.2 Å². The summed E-state index contributed by atoms with van der Waals surface area (Å²) in [6, 6.07) is 45.1. The monoisotopic (exact) mass is 650 g/mol. The first-order chi connectivity index (χ1) is 24.6. The number of aromatic amines is 2. The molecule has 6 nitrogen and oxygen atoms in total. The Morgan fingerprint density at radius 3 is 1.00 bits per heavy atom. The van der Waals surface area contributed by atoms with Gasteiger partial charge < -0.3 is 20.2 Å². The van der Waals surface area contributed by atoms with E-state index in [0.717, 1.165) is 78.3 Å². The zero-order valence-electron chi connectivity index (χ0n) is 27.3. The highest BCUT2D eigenvalue weighted by Crippen LogP contribution is 2.45. The number of nitrogens with zero attached hydrogens (tertiary/aromatic N) is 2. The second-order valence-electron chi connectivity index (χ2n) is 12.8. The molecule has 7 aromatic rings. The normalized spacial score (nSPS) is 12.6. The molecule has 242 valence electrons. The minimum atomic E-state index is -0.201. The molecule has 0 atom stereocenters. The summed E-state index contributed by atoms with van der Waals surface area (Å²) in [4.78, 5) is 18.0. The third kappa shape index (κ3) is 5.04. The number of benzene rings is 4. The standard InChI is InChI=1S/C44H34N4O2/c49-43-41-39(29-17-9-3-10-18-29)35-25-23-33(46-35)37(27-13-5-1-6-14-27)31-21-22-32(45-31)38(28-15-7-2-8-16-28)34-24-26-36(47-34)40(42(48-41)44(43)50)30-19-11-4-12-20-30/h1-22,45,48-50H,23-26H2. The van der Waals surface area contributed by atoms with Crippen LogP contribution < -0.4 is 0 Å². The van der Waals surface area contributed by atoms with Crippen LogP contribution in [0.15, 0.2) is 133 Å². The molecule has 0 spiro atoms. The zero-order valence-corrected chi connectivity index (χ0v) is 27.3. The lowest BCUT2D eigenvalue weighted by atomic mass is 10.0. The summed E-state index contributed by atoms with van der Waals surface area (Å²) in [7, 11) is 0. The molecule has 0 radical (unpaired) electrons. The molecule has 4 aromatic carbocycles. The molecule has 8 bridgehead atoms. The molecule has 0 fully saturated rings. The van der Waals surface area contributed by atoms with E-state index < -0.39 is 0 Å². The molecule has 0 unspecified atom stereocenters. The van der Waals surface area contributed by atoms with Crippen LogP contribution in [0.4, 0.5) is 0 Å². The average Bonchev–Trinajstić information content (AvgIpc) is 3.99. The first-order valence-corrected chi connectivity index (χ1v) is 17.1. The van der Waals surface area contributed by atoms with Crippen molar-refractivity contribution in [2.45, 2.75) is 25.7 Å². The lowest BCUT2D eigenvalue weighted by molar-refractivity contribution is 0.414. The minimum Gasteiger partial charge on any atom is -0.503 e. The lowest BCUT2D eigenvalue weighted by Gasteiger charge is -2.06. The van der Waals surface area contributed by atoms with Crippen molar-refractivity contribution in [2.75, 3.05) is 0 Å². The smallest absolute Gasteiger partial charge is 0.184 e. The van der Waals surface area contributed by atoms with Gasteiger partial charge in [0.1, 0.15) is 0 Å². The Kier molecular flexibility index (Phi) is 7.28. The van der Waals surface area contributed by atoms with E-state index in [-0.39, 0.29) is 11.5 Å². The van der Waals surface area contributed by atoms with Gasteiger partial charge in [-0.3, -0.25) is 9.97 Å². The molecule has 9 rings (SSSR count). The molecule has 50 heavy (non-hydrogen) atoms. The maximum atomic E-state index is 11.8. The first kappa shape index (κ1) is 29.7. The van der Waals surface area contributed by atoms with E-state index in [4.69, 9.17) is 9.97 Å². The molecule has 0 saturated carbocycles. The van der Waals surface area contributed by atoms with Gasteiger partial charge in [0.2, 0.25) is 0 Å². The fourth-order valence-electron chi connectivity index (χ4n) is 7.56. The molecule has 5 heterocycles. The topological polar surface area (TPSA) is 97.8 Å². The largest absolute Gasteiger partial charge is 0.503 e. The summed E-state index contributed by atoms with van der Waals surface area (Å²) in [5.74, 6) is -0.402. The van der Waals surface area contributed by atoms with Crippen molar-refractivity contribution >= 4 is 22.1 Å². The number of nitrogens with one attached hydrogen (secondary N) is 2. The third-order valence-electron chi connectivity index (χ3n) is 9.81. The summed E-state index contributed by atoms with van der Waals surface area (Å²) in [5, 5.41) is 23.5. The quantitative estimate of drug-likeness (QED) is 0.152. The van der Waals surface area contributed by atoms with E-state index in [0.29, 0.717) is 36.7 Å². The Labute approximate surface area is 289 Å². The van der Waals surface area contributed by atoms with E-state index >= 15 is 0 Å². The van der Waals surface area contributed by atoms with Crippen LogP contribution in [0.3, 0.4) is 0 Å². The van der Waals surface area contributed by atoms with Gasteiger partial charge >= 0.3 is 0 Å². The molecule has 2 aliphatic heterocycles. The van der Waals surface area contributed by atoms with Gasteiger partial charge in [0.25, 0.3) is 0 Å². The third-order valence-corrected chi connectivity index (χ3v) is 9.81. The van der Waals surface area contributed by atoms with Crippen molar-refractivity contribution in [2.24, 2.45) is 0 Å². The lowest BCUT2D eigenvalue weighted by Crippen LogP contribution is -1.89. The first-order valence-electron chi connectivity index (χ1n) is 17.1. The molecule has 2 aliphatic rings. The summed E-state index contributed by atoms with van der Waals surface area (Å²) in [5.41, 5.74) is 14.0. The van der Waals surface area contributed by atoms with Crippen molar-refractivity contribution in [1.82, 2.24) is 19.9 Å². The van der Waals surface area contributed by atoms with Crippen molar-refractivity contribution in [3.05, 3.63) is 156 Å². The molecule has 0 amide bonds. The Morgan fingerprint density at radius 2 is 0.660 bits per heavy atom. The van der Waals surface area contributed by atoms with Crippen molar-refractivity contribution in [3.8, 4) is 56.0 Å². The van der Waals surface area contributed by atoms with Gasteiger partial charge in [0, 0.05) is 33.3 Å². The molecule has 0 aliphatic carbocycles. The highest BCUT2D eigenvalue weighted by molar-refractivity contribution is 5.98. The molecule has 0 saturated heterocycles. The van der Waals surface area contributed by atoms with Gasteiger partial charge in [-0.15, -0.1) is 0 Å². The molecule has 4 N–H and O–H groups in total. The fourth-order valence-corrected chi connectivity index (χ4v) is 7.56. The summed E-state index contributed by atoms with van der Waals surface area (Å²) in [6.07, 6.45) is 2.76. The highest BCUT2D eigenvalue weighted by Gasteiger charge is 2.25. The van der Waals surface area contributed by atoms with E-state index in [1.54, 1.807) is 0 Å². The molecular weight excluding hydrogens is 617 g/mol. The predicted octanol–water partition coefficient (Wildman–Crippen LogP) is 9.96. The van der Waals surface area contributed by atoms with Gasteiger partial charge in [-0.1, -0.05) is 121 Å². The van der Waals surface area contributed by atoms with Gasteiger partial charge in [0.05, 0.1) is 33.8 Å². The Balaban J connectivity index is 1.51. The number of rotatable bonds is 4. The van der Waals surface area contributed by atoms with Crippen LogP contribution in [0.5, 0.6) is 11.5 Å². The Hall–Kier alpha value is -6.40. The number of hydrogen-bond acceptors (Lipinski definition) is 4. The zero-order chi connectivity index (χ0) is 33.6. The Morgan fingerprint density at radius 1 is 0.360 bits per heavy atom. The van der Waals surface area contributed by atoms with Crippen LogP contribution in [0.1, 0.15) is 22.8 Å². The predicted molar refractivity (Wildman–Crippen MR) is 201 cm³/mol. The van der Waals surface area contributed by atoms with Crippen LogP contribution in [0, 0.1) is 0 Å². The summed E-state index contributed by atoms with van der Waals surface area (Å²) < 4.78 is 0. The minimum absolute atomic E-state index is 0.201. The van der Waals surface area contributed by atoms with Crippen molar-refractivity contribution in [3.63, 3.8) is 0 Å². The van der Waals surface area contributed by atoms with Gasteiger partial charge in [0.15, 0.2) is 11.5 Å². The number of fused-ring (bicyclic) bond motifs is 8. The number of aromatic hydroxyl groups is 2. The van der Waals surface area contributed by atoms with E-state index in [2.05, 4.69) is 70.6 Å². The van der Waals surface area contributed by atoms with E-state index in [9.17, 15) is 10.2 Å². The van der Waals surface area contributed by atoms with Gasteiger partial charge in [-0.05, 0) is 60.1 Å². The second kappa shape index (κ2) is 12.2. The Bertz CT molecular complexity index is 2360. The number of aromatic nitrogens is 4. The van der Waals surface area contributed by atoms with E-state index in [1.807, 2.05) is 72.8 Å². The maximum absolute atomic E-state index is 11.8. The molecule has 6 heteroatoms. The molecule has 3 aromatic heterocycles. The van der Waals surface area contributed by atoms with Crippen LogP contribution in [0.25, 0.3) is 66.6 Å². The average molecular weight is 651 g/mol. The summed E-state index contributed by atoms with van der Waals surface area (Å²) >= 11 is 0. The highest BCUT2D eigenvalue weighted by atomic mass is 16.3. The molecular formula is C44H34N4O2. The van der Waals surface area contributed by atoms with Gasteiger partial charge in [-0.25, -0.2) is 0 Å². The van der Waals surface area contributed by atoms with Crippen LogP contribution in [-0.4, -0.2) is 30.1 Å². The van der Waals surface area contributed by atoms with Crippen LogP contribution in [-0.2, 0) is 25.7 Å². The fraction of sp³-hybridized carbons (Fsp3) is 0.0909. The van der Waals surface area contributed by atoms with Crippen LogP contribution >= 0.6 is 0 Å². The van der Waals surface area contributed by atoms with Crippen LogP contribution in [0.2, 0.25) is 0 Å². The SMILES string of the molecule is Oc1c(O)c2[nH]c1c(-c1ccccc1)c1nc(c(-c3ccccc3)c3ccc([nH]3)c(-c3ccccc3)c3nc(c2-c2ccccc2)CC3)CC1. The number of aryl methyl sites for hydroxylation is 4. The second-order valence-corrected chi connectivity index (χ2v) is 12.8. The summed E-state index contributed by atoms with van der Waals surface area (Å²) in [6.45, 7) is 0. The van der Waals surface area contributed by atoms with Gasteiger partial charge in [-0.2, -0.15) is 0 Å².